The molecule has 0 bridgehead atoms. The van der Waals surface area contributed by atoms with Gasteiger partial charge >= 0.3 is 5.97 Å². The van der Waals surface area contributed by atoms with E-state index >= 15 is 0 Å². The fourth-order valence-electron chi connectivity index (χ4n) is 4.55. The quantitative estimate of drug-likeness (QED) is 0.589. The summed E-state index contributed by atoms with van der Waals surface area (Å²) in [4.78, 5) is 11.1. The van der Waals surface area contributed by atoms with E-state index in [-0.39, 0.29) is 16.4 Å². The Balaban J connectivity index is 2.21. The highest BCUT2D eigenvalue weighted by Crippen LogP contribution is 2.54. The summed E-state index contributed by atoms with van der Waals surface area (Å²) in [7, 11) is 3.46. The molecular weight excluding hydrogens is 376 g/mol. The highest BCUT2D eigenvalue weighted by Gasteiger charge is 2.42. The van der Waals surface area contributed by atoms with Crippen LogP contribution in [0, 0.1) is 0 Å². The van der Waals surface area contributed by atoms with Gasteiger partial charge in [0.1, 0.15) is 11.5 Å². The second kappa shape index (κ2) is 7.82. The van der Waals surface area contributed by atoms with E-state index < -0.39 is 5.97 Å². The predicted molar refractivity (Wildman–Crippen MR) is 122 cm³/mol. The Morgan fingerprint density at radius 1 is 0.967 bits per heavy atom. The largest absolute Gasteiger partial charge is 0.496 e. The maximum atomic E-state index is 11.1. The van der Waals surface area contributed by atoms with E-state index in [4.69, 9.17) is 14.6 Å². The molecule has 2 aromatic rings. The van der Waals surface area contributed by atoms with Gasteiger partial charge in [-0.25, -0.2) is 4.79 Å². The topological polar surface area (TPSA) is 55.8 Å². The molecule has 0 amide bonds. The Labute approximate surface area is 179 Å². The van der Waals surface area contributed by atoms with Gasteiger partial charge < -0.3 is 14.6 Å². The van der Waals surface area contributed by atoms with Crippen molar-refractivity contribution >= 4 is 17.6 Å². The van der Waals surface area contributed by atoms with Crippen LogP contribution in [0.4, 0.5) is 0 Å². The molecule has 1 aliphatic carbocycles. The van der Waals surface area contributed by atoms with Crippen LogP contribution >= 0.6 is 0 Å². The number of hydrogen-bond donors (Lipinski definition) is 1. The Kier molecular flexibility index (Phi) is 5.72. The van der Waals surface area contributed by atoms with Crippen molar-refractivity contribution in [1.29, 1.82) is 0 Å². The number of benzene rings is 2. The lowest BCUT2D eigenvalue weighted by atomic mass is 9.62. The van der Waals surface area contributed by atoms with Crippen LogP contribution in [0.3, 0.4) is 0 Å². The van der Waals surface area contributed by atoms with Gasteiger partial charge in [0.25, 0.3) is 0 Å². The van der Waals surface area contributed by atoms with Crippen molar-refractivity contribution in [3.8, 4) is 11.5 Å². The molecule has 0 heterocycles. The van der Waals surface area contributed by atoms with Gasteiger partial charge in [0.15, 0.2) is 0 Å². The summed E-state index contributed by atoms with van der Waals surface area (Å²) in [6.45, 7) is 11.1. The minimum atomic E-state index is -0.923. The maximum absolute atomic E-state index is 11.1. The third-order valence-corrected chi connectivity index (χ3v) is 6.36. The van der Waals surface area contributed by atoms with Gasteiger partial charge in [0.2, 0.25) is 0 Å². The number of rotatable bonds is 5. The van der Waals surface area contributed by atoms with E-state index in [9.17, 15) is 4.79 Å². The van der Waals surface area contributed by atoms with E-state index in [0.717, 1.165) is 41.0 Å². The molecule has 0 aliphatic heterocycles. The molecule has 0 unspecified atom stereocenters. The van der Waals surface area contributed by atoms with Crippen LogP contribution < -0.4 is 9.47 Å². The van der Waals surface area contributed by atoms with Crippen molar-refractivity contribution in [2.45, 2.75) is 58.3 Å². The molecular formula is C26H32O4. The van der Waals surface area contributed by atoms with Crippen LogP contribution in [-0.2, 0) is 10.8 Å². The number of methoxy groups -OCH3 is 2. The van der Waals surface area contributed by atoms with Crippen molar-refractivity contribution < 1.29 is 19.4 Å². The lowest BCUT2D eigenvalue weighted by molar-refractivity contribution is 0.0697. The number of aromatic carboxylic acids is 1. The van der Waals surface area contributed by atoms with E-state index in [1.807, 2.05) is 12.1 Å². The molecule has 3 rings (SSSR count). The monoisotopic (exact) mass is 408 g/mol. The molecule has 0 spiro atoms. The molecule has 4 heteroatoms. The van der Waals surface area contributed by atoms with E-state index in [0.29, 0.717) is 0 Å². The van der Waals surface area contributed by atoms with Crippen LogP contribution in [0.25, 0.3) is 11.6 Å². The number of carbonyl (C=O) groups is 1. The highest BCUT2D eigenvalue weighted by atomic mass is 16.5. The summed E-state index contributed by atoms with van der Waals surface area (Å²) < 4.78 is 11.9. The zero-order valence-corrected chi connectivity index (χ0v) is 19.1. The first kappa shape index (κ1) is 21.9. The average molecular weight is 409 g/mol. The van der Waals surface area contributed by atoms with Crippen LogP contribution in [0.15, 0.2) is 30.3 Å². The number of carboxylic acid groups (broad SMARTS) is 1. The van der Waals surface area contributed by atoms with Crippen molar-refractivity contribution in [2.24, 2.45) is 0 Å². The Morgan fingerprint density at radius 2 is 1.53 bits per heavy atom. The second-order valence-electron chi connectivity index (χ2n) is 9.43. The van der Waals surface area contributed by atoms with E-state index in [1.54, 1.807) is 26.4 Å². The molecule has 0 saturated carbocycles. The van der Waals surface area contributed by atoms with Crippen molar-refractivity contribution in [1.82, 2.24) is 0 Å². The van der Waals surface area contributed by atoms with Gasteiger partial charge in [0, 0.05) is 16.7 Å². The standard InChI is InChI=1S/C26H32O4/c1-16(14-17-8-10-18(11-9-17)24(27)28)19-15-20(29-6)21-22(23(19)30-7)26(4,5)13-12-25(21,2)3/h8-11,14-15H,12-13H2,1-7H3,(H,27,28). The molecule has 0 fully saturated rings. The summed E-state index contributed by atoms with van der Waals surface area (Å²) in [6, 6.07) is 8.97. The normalized spacial score (nSPS) is 17.2. The number of carboxylic acids is 1. The Bertz CT molecular complexity index is 995. The van der Waals surface area contributed by atoms with Gasteiger partial charge in [-0.05, 0) is 59.9 Å². The lowest BCUT2D eigenvalue weighted by Gasteiger charge is -2.43. The Hall–Kier alpha value is -2.75. The first-order valence-corrected chi connectivity index (χ1v) is 10.3. The van der Waals surface area contributed by atoms with Crippen molar-refractivity contribution in [3.05, 3.63) is 58.1 Å². The molecule has 160 valence electrons. The molecule has 0 aromatic heterocycles. The van der Waals surface area contributed by atoms with Gasteiger partial charge in [-0.1, -0.05) is 45.9 Å². The third kappa shape index (κ3) is 3.83. The molecule has 30 heavy (non-hydrogen) atoms. The van der Waals surface area contributed by atoms with E-state index in [1.165, 1.54) is 11.1 Å². The lowest BCUT2D eigenvalue weighted by Crippen LogP contribution is -2.35. The summed E-state index contributed by atoms with van der Waals surface area (Å²) in [5.74, 6) is 0.875. The molecule has 0 atom stereocenters. The van der Waals surface area contributed by atoms with Gasteiger partial charge in [-0.3, -0.25) is 0 Å². The van der Waals surface area contributed by atoms with Crippen LogP contribution in [-0.4, -0.2) is 25.3 Å². The first-order valence-electron chi connectivity index (χ1n) is 10.3. The highest BCUT2D eigenvalue weighted by molar-refractivity contribution is 5.89. The number of fused-ring (bicyclic) bond motifs is 1. The van der Waals surface area contributed by atoms with Gasteiger partial charge in [-0.15, -0.1) is 0 Å². The minimum Gasteiger partial charge on any atom is -0.496 e. The summed E-state index contributed by atoms with van der Waals surface area (Å²) in [5, 5.41) is 9.12. The fraction of sp³-hybridized carbons (Fsp3) is 0.423. The van der Waals surface area contributed by atoms with E-state index in [2.05, 4.69) is 46.8 Å². The van der Waals surface area contributed by atoms with Gasteiger partial charge in [0.05, 0.1) is 19.8 Å². The summed E-state index contributed by atoms with van der Waals surface area (Å²) in [5.41, 5.74) is 5.70. The SMILES string of the molecule is COc1cc(C(C)=Cc2ccc(C(=O)O)cc2)c(OC)c2c1C(C)(C)CCC2(C)C. The number of hydrogen-bond acceptors (Lipinski definition) is 3. The predicted octanol–water partition coefficient (Wildman–Crippen LogP) is 6.31. The number of ether oxygens (including phenoxy) is 2. The van der Waals surface area contributed by atoms with Crippen LogP contribution in [0.1, 0.15) is 80.1 Å². The molecule has 1 aliphatic rings. The smallest absolute Gasteiger partial charge is 0.335 e. The number of allylic oxidation sites excluding steroid dienone is 1. The summed E-state index contributed by atoms with van der Waals surface area (Å²) >= 11 is 0. The molecule has 1 N–H and O–H groups in total. The average Bonchev–Trinajstić information content (AvgIpc) is 2.70. The fourth-order valence-corrected chi connectivity index (χ4v) is 4.55. The summed E-state index contributed by atoms with van der Waals surface area (Å²) in [6.07, 6.45) is 4.22. The first-order chi connectivity index (χ1) is 14.0. The maximum Gasteiger partial charge on any atom is 0.335 e. The van der Waals surface area contributed by atoms with Crippen molar-refractivity contribution in [2.75, 3.05) is 14.2 Å². The second-order valence-corrected chi connectivity index (χ2v) is 9.43. The third-order valence-electron chi connectivity index (χ3n) is 6.36. The zero-order valence-electron chi connectivity index (χ0n) is 19.1. The molecule has 2 aromatic carbocycles. The zero-order chi connectivity index (χ0) is 22.3. The van der Waals surface area contributed by atoms with Gasteiger partial charge in [-0.2, -0.15) is 0 Å². The molecule has 0 radical (unpaired) electrons. The van der Waals surface area contributed by atoms with Crippen LogP contribution in [0.2, 0.25) is 0 Å². The Morgan fingerprint density at radius 3 is 2.03 bits per heavy atom. The van der Waals surface area contributed by atoms with Crippen molar-refractivity contribution in [3.63, 3.8) is 0 Å². The minimum absolute atomic E-state index is 0.00624. The van der Waals surface area contributed by atoms with Crippen LogP contribution in [0.5, 0.6) is 11.5 Å². The molecule has 0 saturated heterocycles. The molecule has 4 nitrogen and oxygen atoms in total.